The molecule has 0 fully saturated rings. The number of hydrogen-bond acceptors (Lipinski definition) is 3. The Morgan fingerprint density at radius 3 is 2.46 bits per heavy atom. The molecular formula is C9H20O3Si. The SMILES string of the molecule is C=CCCC[SiH2]OC(C)(OC)OC. The summed E-state index contributed by atoms with van der Waals surface area (Å²) in [6.07, 6.45) is 4.15. The summed E-state index contributed by atoms with van der Waals surface area (Å²) >= 11 is 0. The van der Waals surface area contributed by atoms with Crippen molar-refractivity contribution in [1.82, 2.24) is 0 Å². The molecule has 0 amide bonds. The van der Waals surface area contributed by atoms with E-state index >= 15 is 0 Å². The monoisotopic (exact) mass is 204 g/mol. The Morgan fingerprint density at radius 1 is 1.38 bits per heavy atom. The Bertz CT molecular complexity index is 135. The molecule has 0 aliphatic heterocycles. The van der Waals surface area contributed by atoms with Crippen molar-refractivity contribution in [2.24, 2.45) is 0 Å². The van der Waals surface area contributed by atoms with Gasteiger partial charge in [0.25, 0.3) is 5.97 Å². The number of methoxy groups -OCH3 is 2. The molecule has 0 rings (SSSR count). The van der Waals surface area contributed by atoms with Crippen LogP contribution in [0.1, 0.15) is 19.8 Å². The van der Waals surface area contributed by atoms with Crippen molar-refractivity contribution in [3.8, 4) is 0 Å². The molecular weight excluding hydrogens is 184 g/mol. The van der Waals surface area contributed by atoms with Crippen molar-refractivity contribution in [3.63, 3.8) is 0 Å². The lowest BCUT2D eigenvalue weighted by atomic mass is 10.3. The number of rotatable bonds is 8. The topological polar surface area (TPSA) is 27.7 Å². The number of allylic oxidation sites excluding steroid dienone is 1. The summed E-state index contributed by atoms with van der Waals surface area (Å²) in [6, 6.07) is 1.13. The molecule has 0 N–H and O–H groups in total. The van der Waals surface area contributed by atoms with Gasteiger partial charge in [-0.25, -0.2) is 0 Å². The van der Waals surface area contributed by atoms with Crippen LogP contribution in [0.4, 0.5) is 0 Å². The fourth-order valence-corrected chi connectivity index (χ4v) is 2.09. The molecule has 13 heavy (non-hydrogen) atoms. The molecule has 0 spiro atoms. The highest BCUT2D eigenvalue weighted by molar-refractivity contribution is 6.27. The average Bonchev–Trinajstić information content (AvgIpc) is 2.17. The van der Waals surface area contributed by atoms with Gasteiger partial charge >= 0.3 is 0 Å². The summed E-state index contributed by atoms with van der Waals surface area (Å²) in [7, 11) is 2.64. The maximum Gasteiger partial charge on any atom is 0.269 e. The highest BCUT2D eigenvalue weighted by Crippen LogP contribution is 2.11. The molecule has 0 unspecified atom stereocenters. The van der Waals surface area contributed by atoms with Crippen LogP contribution < -0.4 is 0 Å². The van der Waals surface area contributed by atoms with Gasteiger partial charge in [0, 0.05) is 21.1 Å². The molecule has 0 aromatic rings. The summed E-state index contributed by atoms with van der Waals surface area (Å²) < 4.78 is 15.7. The number of hydrogen-bond donors (Lipinski definition) is 0. The second-order valence-electron chi connectivity index (χ2n) is 2.90. The van der Waals surface area contributed by atoms with Gasteiger partial charge in [-0.15, -0.1) is 6.58 Å². The van der Waals surface area contributed by atoms with Crippen LogP contribution in [0, 0.1) is 0 Å². The van der Waals surface area contributed by atoms with Gasteiger partial charge in [0.1, 0.15) is 0 Å². The molecule has 0 atom stereocenters. The third-order valence-electron chi connectivity index (χ3n) is 1.91. The highest BCUT2D eigenvalue weighted by atomic mass is 28.2. The van der Waals surface area contributed by atoms with Crippen LogP contribution in [0.5, 0.6) is 0 Å². The zero-order valence-electron chi connectivity index (χ0n) is 8.84. The standard InChI is InChI=1S/C9H20O3Si/c1-5-6-7-8-13-12-9(2,10-3)11-4/h5H,1,6-8,13H2,2-4H3. The van der Waals surface area contributed by atoms with E-state index in [9.17, 15) is 0 Å². The highest BCUT2D eigenvalue weighted by Gasteiger charge is 2.22. The van der Waals surface area contributed by atoms with E-state index in [1.165, 1.54) is 0 Å². The maximum absolute atomic E-state index is 5.53. The lowest BCUT2D eigenvalue weighted by Gasteiger charge is -2.26. The molecule has 0 aromatic carbocycles. The molecule has 0 saturated carbocycles. The normalized spacial score (nSPS) is 12.5. The Hall–Kier alpha value is -0.163. The quantitative estimate of drug-likeness (QED) is 0.259. The molecule has 0 aliphatic carbocycles. The minimum atomic E-state index is -0.833. The fourth-order valence-electron chi connectivity index (χ4n) is 0.849. The largest absolute Gasteiger partial charge is 0.376 e. The molecule has 0 heterocycles. The zero-order chi connectivity index (χ0) is 10.2. The van der Waals surface area contributed by atoms with Gasteiger partial charge in [-0.05, 0) is 12.5 Å². The molecule has 3 nitrogen and oxygen atoms in total. The number of ether oxygens (including phenoxy) is 2. The molecule has 0 aromatic heterocycles. The summed E-state index contributed by atoms with van der Waals surface area (Å²) in [6.45, 7) is 5.45. The van der Waals surface area contributed by atoms with E-state index in [4.69, 9.17) is 13.9 Å². The van der Waals surface area contributed by atoms with Crippen LogP contribution in [0.15, 0.2) is 12.7 Å². The van der Waals surface area contributed by atoms with E-state index in [0.29, 0.717) is 0 Å². The van der Waals surface area contributed by atoms with Crippen molar-refractivity contribution < 1.29 is 13.9 Å². The van der Waals surface area contributed by atoms with Crippen molar-refractivity contribution in [1.29, 1.82) is 0 Å². The van der Waals surface area contributed by atoms with E-state index in [1.54, 1.807) is 21.1 Å². The lowest BCUT2D eigenvalue weighted by molar-refractivity contribution is -0.310. The smallest absolute Gasteiger partial charge is 0.269 e. The third-order valence-corrected chi connectivity index (χ3v) is 3.43. The minimum Gasteiger partial charge on any atom is -0.376 e. The first-order valence-electron chi connectivity index (χ1n) is 4.53. The van der Waals surface area contributed by atoms with Crippen molar-refractivity contribution >= 4 is 9.76 Å². The van der Waals surface area contributed by atoms with Crippen molar-refractivity contribution in [2.75, 3.05) is 14.2 Å². The molecule has 4 heteroatoms. The van der Waals surface area contributed by atoms with E-state index < -0.39 is 15.7 Å². The second kappa shape index (κ2) is 7.26. The zero-order valence-corrected chi connectivity index (χ0v) is 10.3. The molecule has 0 radical (unpaired) electrons. The van der Waals surface area contributed by atoms with E-state index in [2.05, 4.69) is 6.58 Å². The molecule has 78 valence electrons. The summed E-state index contributed by atoms with van der Waals surface area (Å²) in [5.41, 5.74) is 0. The van der Waals surface area contributed by atoms with E-state index in [-0.39, 0.29) is 0 Å². The van der Waals surface area contributed by atoms with Crippen molar-refractivity contribution in [3.05, 3.63) is 12.7 Å². The maximum atomic E-state index is 5.53. The van der Waals surface area contributed by atoms with Crippen LogP contribution >= 0.6 is 0 Å². The Morgan fingerprint density at radius 2 is 2.00 bits per heavy atom. The van der Waals surface area contributed by atoms with Crippen LogP contribution in [-0.2, 0) is 13.9 Å². The summed E-state index contributed by atoms with van der Waals surface area (Å²) in [4.78, 5) is 0. The molecule has 0 saturated heterocycles. The predicted molar refractivity (Wildman–Crippen MR) is 56.3 cm³/mol. The van der Waals surface area contributed by atoms with Gasteiger partial charge in [-0.3, -0.25) is 0 Å². The number of unbranched alkanes of at least 4 members (excludes halogenated alkanes) is 1. The minimum absolute atomic E-state index is 0.533. The van der Waals surface area contributed by atoms with Gasteiger partial charge in [0.2, 0.25) is 0 Å². The first-order chi connectivity index (χ1) is 6.18. The van der Waals surface area contributed by atoms with Crippen LogP contribution in [0.3, 0.4) is 0 Å². The van der Waals surface area contributed by atoms with E-state index in [0.717, 1.165) is 18.9 Å². The van der Waals surface area contributed by atoms with Crippen LogP contribution in [0.2, 0.25) is 6.04 Å². The van der Waals surface area contributed by atoms with Gasteiger partial charge in [-0.2, -0.15) is 0 Å². The fraction of sp³-hybridized carbons (Fsp3) is 0.778. The first-order valence-corrected chi connectivity index (χ1v) is 6.11. The van der Waals surface area contributed by atoms with Crippen LogP contribution in [-0.4, -0.2) is 30.0 Å². The first kappa shape index (κ1) is 12.8. The van der Waals surface area contributed by atoms with Crippen LogP contribution in [0.25, 0.3) is 0 Å². The average molecular weight is 204 g/mol. The van der Waals surface area contributed by atoms with Crippen molar-refractivity contribution in [2.45, 2.75) is 31.8 Å². The Kier molecular flexibility index (Phi) is 7.17. The lowest BCUT2D eigenvalue weighted by Crippen LogP contribution is -2.34. The molecule has 0 aliphatic rings. The Labute approximate surface area is 83.0 Å². The Balaban J connectivity index is 3.44. The van der Waals surface area contributed by atoms with Gasteiger partial charge < -0.3 is 13.9 Å². The second-order valence-corrected chi connectivity index (χ2v) is 4.31. The van der Waals surface area contributed by atoms with Gasteiger partial charge in [0.15, 0.2) is 9.76 Å². The van der Waals surface area contributed by atoms with Gasteiger partial charge in [-0.1, -0.05) is 12.5 Å². The van der Waals surface area contributed by atoms with Gasteiger partial charge in [0.05, 0.1) is 0 Å². The third kappa shape index (κ3) is 5.98. The predicted octanol–water partition coefficient (Wildman–Crippen LogP) is 1.44. The summed E-state index contributed by atoms with van der Waals surface area (Å²) in [5, 5.41) is 0. The molecule has 0 bridgehead atoms. The summed E-state index contributed by atoms with van der Waals surface area (Å²) in [5.74, 6) is -0.833. The van der Waals surface area contributed by atoms with E-state index in [1.807, 2.05) is 6.08 Å².